The number of hydrogen-bond donors (Lipinski definition) is 2. The fourth-order valence-corrected chi connectivity index (χ4v) is 4.18. The predicted octanol–water partition coefficient (Wildman–Crippen LogP) is 4.13. The fraction of sp³-hybridized carbons (Fsp3) is 0.391. The van der Waals surface area contributed by atoms with Gasteiger partial charge in [-0.2, -0.15) is 0 Å². The Morgan fingerprint density at radius 2 is 1.50 bits per heavy atom. The molecule has 2 aromatic rings. The number of amides is 3. The van der Waals surface area contributed by atoms with Crippen molar-refractivity contribution in [1.29, 1.82) is 0 Å². The number of urea groups is 1. The summed E-state index contributed by atoms with van der Waals surface area (Å²) in [5, 5.41) is 6.26. The third-order valence-electron chi connectivity index (χ3n) is 6.07. The van der Waals surface area contributed by atoms with E-state index >= 15 is 0 Å². The lowest BCUT2D eigenvalue weighted by Gasteiger charge is -2.44. The van der Waals surface area contributed by atoms with Crippen LogP contribution in [0.25, 0.3) is 0 Å². The zero-order valence-electron chi connectivity index (χ0n) is 16.1. The number of likely N-dealkylation sites (tertiary alicyclic amines) is 1. The van der Waals surface area contributed by atoms with Crippen LogP contribution in [-0.4, -0.2) is 29.9 Å². The number of nitrogens with zero attached hydrogens (tertiary/aromatic N) is 1. The Balaban J connectivity index is 1.31. The summed E-state index contributed by atoms with van der Waals surface area (Å²) in [7, 11) is 0. The maximum atomic E-state index is 12.9. The fourth-order valence-electron chi connectivity index (χ4n) is 4.18. The van der Waals surface area contributed by atoms with Crippen LogP contribution in [-0.2, 0) is 10.3 Å². The molecule has 1 aliphatic heterocycles. The molecule has 2 aromatic carbocycles. The number of hydrogen-bond acceptors (Lipinski definition) is 2. The molecule has 0 unspecified atom stereocenters. The molecule has 4 rings (SSSR count). The van der Waals surface area contributed by atoms with E-state index < -0.39 is 0 Å². The first-order valence-electron chi connectivity index (χ1n) is 10.1. The van der Waals surface area contributed by atoms with Gasteiger partial charge in [-0.3, -0.25) is 4.79 Å². The second kappa shape index (κ2) is 8.05. The van der Waals surface area contributed by atoms with Gasteiger partial charge in [0.25, 0.3) is 0 Å². The van der Waals surface area contributed by atoms with Gasteiger partial charge in [-0.05, 0) is 49.8 Å². The molecule has 0 spiro atoms. The van der Waals surface area contributed by atoms with Gasteiger partial charge in [0, 0.05) is 24.7 Å². The Morgan fingerprint density at radius 1 is 0.893 bits per heavy atom. The lowest BCUT2D eigenvalue weighted by Crippen LogP contribution is -2.54. The summed E-state index contributed by atoms with van der Waals surface area (Å²) in [5.74, 6) is 0.105. The van der Waals surface area contributed by atoms with Gasteiger partial charge < -0.3 is 15.5 Å². The van der Waals surface area contributed by atoms with E-state index in [2.05, 4.69) is 22.8 Å². The van der Waals surface area contributed by atoms with Crippen molar-refractivity contribution < 1.29 is 9.59 Å². The molecule has 2 fully saturated rings. The highest BCUT2D eigenvalue weighted by Crippen LogP contribution is 2.41. The third-order valence-corrected chi connectivity index (χ3v) is 6.07. The van der Waals surface area contributed by atoms with Crippen molar-refractivity contribution in [2.45, 2.75) is 37.6 Å². The van der Waals surface area contributed by atoms with Gasteiger partial charge in [0.2, 0.25) is 5.91 Å². The van der Waals surface area contributed by atoms with E-state index in [1.165, 1.54) is 5.56 Å². The molecule has 5 nitrogen and oxygen atoms in total. The zero-order chi connectivity index (χ0) is 19.4. The van der Waals surface area contributed by atoms with Crippen LogP contribution in [0.1, 0.15) is 37.7 Å². The molecule has 3 amide bonds. The minimum absolute atomic E-state index is 0.0260. The van der Waals surface area contributed by atoms with Crippen LogP contribution in [0.15, 0.2) is 60.7 Å². The monoisotopic (exact) mass is 377 g/mol. The first-order valence-corrected chi connectivity index (χ1v) is 10.1. The van der Waals surface area contributed by atoms with Crippen LogP contribution in [0.4, 0.5) is 10.5 Å². The molecule has 28 heavy (non-hydrogen) atoms. The highest BCUT2D eigenvalue weighted by atomic mass is 16.2. The van der Waals surface area contributed by atoms with Gasteiger partial charge in [0.05, 0.1) is 5.54 Å². The first kappa shape index (κ1) is 18.5. The normalized spacial score (nSPS) is 18.8. The molecular weight excluding hydrogens is 350 g/mol. The molecule has 0 atom stereocenters. The lowest BCUT2D eigenvalue weighted by atomic mass is 9.71. The van der Waals surface area contributed by atoms with Crippen LogP contribution in [0.2, 0.25) is 0 Å². The van der Waals surface area contributed by atoms with Crippen molar-refractivity contribution in [2.75, 3.05) is 18.4 Å². The maximum Gasteiger partial charge on any atom is 0.321 e. The third kappa shape index (κ3) is 3.88. The summed E-state index contributed by atoms with van der Waals surface area (Å²) in [5.41, 5.74) is 1.80. The molecule has 146 valence electrons. The van der Waals surface area contributed by atoms with E-state index in [-0.39, 0.29) is 23.4 Å². The number of anilines is 1. The number of nitrogens with one attached hydrogen (secondary N) is 2. The number of carbonyl (C=O) groups excluding carboxylic acids is 2. The van der Waals surface area contributed by atoms with Crippen LogP contribution < -0.4 is 10.6 Å². The Morgan fingerprint density at radius 3 is 2.07 bits per heavy atom. The van der Waals surface area contributed by atoms with E-state index in [0.717, 1.165) is 24.9 Å². The average molecular weight is 377 g/mol. The summed E-state index contributed by atoms with van der Waals surface area (Å²) >= 11 is 0. The van der Waals surface area contributed by atoms with Gasteiger partial charge in [-0.25, -0.2) is 4.79 Å². The number of para-hydroxylation sites is 1. The van der Waals surface area contributed by atoms with Gasteiger partial charge in [0.15, 0.2) is 0 Å². The number of rotatable bonds is 4. The Hall–Kier alpha value is -2.82. The largest absolute Gasteiger partial charge is 0.346 e. The molecule has 1 heterocycles. The highest BCUT2D eigenvalue weighted by molar-refractivity contribution is 5.89. The van der Waals surface area contributed by atoms with E-state index in [4.69, 9.17) is 0 Å². The van der Waals surface area contributed by atoms with E-state index in [0.29, 0.717) is 25.9 Å². The molecular formula is C23H27N3O2. The summed E-state index contributed by atoms with van der Waals surface area (Å²) in [6.45, 7) is 1.21. The minimum Gasteiger partial charge on any atom is -0.346 e. The first-order chi connectivity index (χ1) is 13.7. The van der Waals surface area contributed by atoms with E-state index in [1.54, 1.807) is 4.90 Å². The smallest absolute Gasteiger partial charge is 0.321 e. The molecule has 1 aliphatic carbocycles. The zero-order valence-corrected chi connectivity index (χ0v) is 16.1. The van der Waals surface area contributed by atoms with E-state index in [9.17, 15) is 9.59 Å². The quantitative estimate of drug-likeness (QED) is 0.842. The van der Waals surface area contributed by atoms with Crippen molar-refractivity contribution in [2.24, 2.45) is 5.92 Å². The lowest BCUT2D eigenvalue weighted by molar-refractivity contribution is -0.129. The molecule has 5 heteroatoms. The van der Waals surface area contributed by atoms with Gasteiger partial charge in [-0.1, -0.05) is 48.5 Å². The standard InChI is InChI=1S/C23H27N3O2/c27-21(25-23(14-7-15-23)19-8-3-1-4-9-19)18-12-16-26(17-13-18)22(28)24-20-10-5-2-6-11-20/h1-6,8-11,18H,7,12-17H2,(H,24,28)(H,25,27). The average Bonchev–Trinajstić information content (AvgIpc) is 2.72. The van der Waals surface area contributed by atoms with Crippen LogP contribution in [0.5, 0.6) is 0 Å². The summed E-state index contributed by atoms with van der Waals surface area (Å²) in [6, 6.07) is 19.7. The summed E-state index contributed by atoms with van der Waals surface area (Å²) < 4.78 is 0. The van der Waals surface area contributed by atoms with Crippen molar-refractivity contribution in [3.8, 4) is 0 Å². The van der Waals surface area contributed by atoms with Crippen molar-refractivity contribution in [3.63, 3.8) is 0 Å². The van der Waals surface area contributed by atoms with Crippen LogP contribution >= 0.6 is 0 Å². The van der Waals surface area contributed by atoms with Gasteiger partial charge in [-0.15, -0.1) is 0 Å². The molecule has 1 saturated heterocycles. The van der Waals surface area contributed by atoms with Gasteiger partial charge in [0.1, 0.15) is 0 Å². The predicted molar refractivity (Wildman–Crippen MR) is 110 cm³/mol. The number of benzene rings is 2. The van der Waals surface area contributed by atoms with E-state index in [1.807, 2.05) is 48.5 Å². The van der Waals surface area contributed by atoms with Crippen molar-refractivity contribution in [1.82, 2.24) is 10.2 Å². The highest BCUT2D eigenvalue weighted by Gasteiger charge is 2.41. The second-order valence-electron chi connectivity index (χ2n) is 7.85. The molecule has 2 aliphatic rings. The summed E-state index contributed by atoms with van der Waals surface area (Å²) in [6.07, 6.45) is 4.56. The molecule has 0 aromatic heterocycles. The van der Waals surface area contributed by atoms with Crippen molar-refractivity contribution in [3.05, 3.63) is 66.2 Å². The molecule has 0 radical (unpaired) electrons. The van der Waals surface area contributed by atoms with Crippen LogP contribution in [0.3, 0.4) is 0 Å². The van der Waals surface area contributed by atoms with Gasteiger partial charge >= 0.3 is 6.03 Å². The second-order valence-corrected chi connectivity index (χ2v) is 7.85. The van der Waals surface area contributed by atoms with Crippen LogP contribution in [0, 0.1) is 5.92 Å². The molecule has 0 bridgehead atoms. The Labute approximate surface area is 166 Å². The number of carbonyl (C=O) groups is 2. The summed E-state index contributed by atoms with van der Waals surface area (Å²) in [4.78, 5) is 27.1. The minimum atomic E-state index is -0.194. The number of piperidine rings is 1. The topological polar surface area (TPSA) is 61.4 Å². The molecule has 1 saturated carbocycles. The van der Waals surface area contributed by atoms with Crippen molar-refractivity contribution >= 4 is 17.6 Å². The Bertz CT molecular complexity index is 810. The SMILES string of the molecule is O=C(NC1(c2ccccc2)CCC1)C1CCN(C(=O)Nc2ccccc2)CC1. The maximum absolute atomic E-state index is 12.9. The Kier molecular flexibility index (Phi) is 5.33. The molecule has 2 N–H and O–H groups in total.